The lowest BCUT2D eigenvalue weighted by Crippen LogP contribution is -2.30. The van der Waals surface area contributed by atoms with Crippen LogP contribution >= 0.6 is 23.2 Å². The topological polar surface area (TPSA) is 77.8 Å². The molecule has 0 aliphatic rings. The zero-order valence-electron chi connectivity index (χ0n) is 15.8. The summed E-state index contributed by atoms with van der Waals surface area (Å²) in [5.41, 5.74) is 1.49. The van der Waals surface area contributed by atoms with Crippen LogP contribution in [0.15, 0.2) is 46.9 Å². The van der Waals surface area contributed by atoms with Gasteiger partial charge in [-0.25, -0.2) is 4.79 Å². The first-order chi connectivity index (χ1) is 13.9. The van der Waals surface area contributed by atoms with Gasteiger partial charge in [0.05, 0.1) is 17.3 Å². The minimum Gasteiger partial charge on any atom is -0.449 e. The van der Waals surface area contributed by atoms with E-state index >= 15 is 0 Å². The summed E-state index contributed by atoms with van der Waals surface area (Å²) >= 11 is 11.9. The molecule has 29 heavy (non-hydrogen) atoms. The van der Waals surface area contributed by atoms with E-state index in [2.05, 4.69) is 5.32 Å². The highest BCUT2D eigenvalue weighted by Crippen LogP contribution is 2.28. The van der Waals surface area contributed by atoms with E-state index in [0.29, 0.717) is 28.5 Å². The van der Waals surface area contributed by atoms with Crippen molar-refractivity contribution in [2.45, 2.75) is 26.6 Å². The van der Waals surface area contributed by atoms with Crippen LogP contribution in [0.1, 0.15) is 30.0 Å². The van der Waals surface area contributed by atoms with Crippen LogP contribution in [0.3, 0.4) is 0 Å². The molecule has 1 atom stereocenters. The zero-order valence-corrected chi connectivity index (χ0v) is 17.3. The van der Waals surface area contributed by atoms with Gasteiger partial charge in [-0.1, -0.05) is 41.4 Å². The Morgan fingerprint density at radius 1 is 1.17 bits per heavy atom. The Bertz CT molecular complexity index is 1050. The Kier molecular flexibility index (Phi) is 6.79. The van der Waals surface area contributed by atoms with Crippen LogP contribution in [0.5, 0.6) is 0 Å². The summed E-state index contributed by atoms with van der Waals surface area (Å²) in [7, 11) is 0. The SMILES string of the molecule is CCOCc1c(C(=O)OC(C)C(=O)Nc2ccc(Cl)cc2Cl)oc2ccccc12. The first-order valence-electron chi connectivity index (χ1n) is 8.95. The fourth-order valence-electron chi connectivity index (χ4n) is 2.70. The maximum Gasteiger partial charge on any atom is 0.375 e. The molecule has 0 radical (unpaired) electrons. The fourth-order valence-corrected chi connectivity index (χ4v) is 3.16. The molecule has 3 aromatic rings. The quantitative estimate of drug-likeness (QED) is 0.498. The Morgan fingerprint density at radius 3 is 2.66 bits per heavy atom. The Labute approximate surface area is 177 Å². The van der Waals surface area contributed by atoms with Crippen LogP contribution in [-0.4, -0.2) is 24.6 Å². The molecule has 3 rings (SSSR count). The van der Waals surface area contributed by atoms with Crippen LogP contribution in [0.2, 0.25) is 10.0 Å². The Balaban J connectivity index is 1.76. The highest BCUT2D eigenvalue weighted by atomic mass is 35.5. The average molecular weight is 436 g/mol. The van der Waals surface area contributed by atoms with E-state index in [4.69, 9.17) is 37.1 Å². The summed E-state index contributed by atoms with van der Waals surface area (Å²) in [6, 6.07) is 11.9. The van der Waals surface area contributed by atoms with E-state index in [9.17, 15) is 9.59 Å². The lowest BCUT2D eigenvalue weighted by Gasteiger charge is -2.14. The third-order valence-corrected chi connectivity index (χ3v) is 4.72. The van der Waals surface area contributed by atoms with Crippen LogP contribution in [0.25, 0.3) is 11.0 Å². The van der Waals surface area contributed by atoms with Crippen LogP contribution in [0, 0.1) is 0 Å². The van der Waals surface area contributed by atoms with Gasteiger partial charge in [0.1, 0.15) is 5.58 Å². The number of anilines is 1. The van der Waals surface area contributed by atoms with Gasteiger partial charge >= 0.3 is 5.97 Å². The third kappa shape index (κ3) is 4.90. The maximum atomic E-state index is 12.7. The van der Waals surface area contributed by atoms with Crippen LogP contribution < -0.4 is 5.32 Å². The highest BCUT2D eigenvalue weighted by molar-refractivity contribution is 6.36. The molecule has 0 aliphatic heterocycles. The minimum absolute atomic E-state index is 0.0174. The summed E-state index contributed by atoms with van der Waals surface area (Å²) in [6.45, 7) is 3.99. The van der Waals surface area contributed by atoms with Crippen molar-refractivity contribution in [2.75, 3.05) is 11.9 Å². The molecule has 152 valence electrons. The molecule has 1 N–H and O–H groups in total. The van der Waals surface area contributed by atoms with Crippen molar-refractivity contribution in [1.82, 2.24) is 0 Å². The fraction of sp³-hybridized carbons (Fsp3) is 0.238. The Hall–Kier alpha value is -2.54. The van der Waals surface area contributed by atoms with Crippen molar-refractivity contribution in [1.29, 1.82) is 0 Å². The van der Waals surface area contributed by atoms with E-state index in [1.807, 2.05) is 19.1 Å². The summed E-state index contributed by atoms with van der Waals surface area (Å²) in [6.07, 6.45) is -1.08. The number of nitrogens with one attached hydrogen (secondary N) is 1. The zero-order chi connectivity index (χ0) is 21.0. The molecule has 6 nitrogen and oxygen atoms in total. The molecule has 0 spiro atoms. The Morgan fingerprint density at radius 2 is 1.93 bits per heavy atom. The van der Waals surface area contributed by atoms with Gasteiger partial charge in [-0.2, -0.15) is 0 Å². The van der Waals surface area contributed by atoms with E-state index in [0.717, 1.165) is 5.39 Å². The molecule has 0 saturated carbocycles. The number of hydrogen-bond donors (Lipinski definition) is 1. The van der Waals surface area contributed by atoms with Crippen molar-refractivity contribution in [3.05, 3.63) is 63.8 Å². The van der Waals surface area contributed by atoms with Gasteiger partial charge in [-0.05, 0) is 38.1 Å². The van der Waals surface area contributed by atoms with Gasteiger partial charge in [-0.15, -0.1) is 0 Å². The second-order valence-corrected chi connectivity index (χ2v) is 7.05. The van der Waals surface area contributed by atoms with Gasteiger partial charge in [0, 0.05) is 22.6 Å². The predicted molar refractivity (Wildman–Crippen MR) is 112 cm³/mol. The molecule has 1 unspecified atom stereocenters. The number of amides is 1. The van der Waals surface area contributed by atoms with Crippen LogP contribution in [-0.2, 0) is 20.9 Å². The number of para-hydroxylation sites is 1. The molecule has 0 saturated heterocycles. The molecule has 0 aliphatic carbocycles. The number of ether oxygens (including phenoxy) is 2. The van der Waals surface area contributed by atoms with E-state index < -0.39 is 18.0 Å². The molecule has 1 heterocycles. The van der Waals surface area contributed by atoms with Gasteiger partial charge in [0.2, 0.25) is 5.76 Å². The molecule has 1 aromatic heterocycles. The first-order valence-corrected chi connectivity index (χ1v) is 9.71. The van der Waals surface area contributed by atoms with Crippen molar-refractivity contribution >= 4 is 51.7 Å². The normalized spacial score (nSPS) is 12.0. The van der Waals surface area contributed by atoms with E-state index in [1.54, 1.807) is 24.3 Å². The highest BCUT2D eigenvalue weighted by Gasteiger charge is 2.26. The summed E-state index contributed by atoms with van der Waals surface area (Å²) in [5, 5.41) is 4.09. The molecule has 8 heteroatoms. The summed E-state index contributed by atoms with van der Waals surface area (Å²) in [4.78, 5) is 25.1. The number of rotatable bonds is 7. The second kappa shape index (κ2) is 9.31. The van der Waals surface area contributed by atoms with E-state index in [-0.39, 0.29) is 17.4 Å². The smallest absolute Gasteiger partial charge is 0.375 e. The van der Waals surface area contributed by atoms with Crippen molar-refractivity contribution < 1.29 is 23.5 Å². The summed E-state index contributed by atoms with van der Waals surface area (Å²) < 4.78 is 16.4. The number of esters is 1. The predicted octanol–water partition coefficient (Wildman–Crippen LogP) is 5.46. The lowest BCUT2D eigenvalue weighted by molar-refractivity contribution is -0.123. The molecule has 0 bridgehead atoms. The number of halogens is 2. The van der Waals surface area contributed by atoms with Gasteiger partial charge in [-0.3, -0.25) is 4.79 Å². The number of carbonyl (C=O) groups excluding carboxylic acids is 2. The summed E-state index contributed by atoms with van der Waals surface area (Å²) in [5.74, 6) is -1.27. The lowest BCUT2D eigenvalue weighted by atomic mass is 10.1. The largest absolute Gasteiger partial charge is 0.449 e. The van der Waals surface area contributed by atoms with Crippen molar-refractivity contribution in [3.63, 3.8) is 0 Å². The first kappa shape index (κ1) is 21.2. The number of hydrogen-bond acceptors (Lipinski definition) is 5. The van der Waals surface area contributed by atoms with Gasteiger partial charge < -0.3 is 19.2 Å². The van der Waals surface area contributed by atoms with Gasteiger partial charge in [0.15, 0.2) is 6.10 Å². The third-order valence-electron chi connectivity index (χ3n) is 4.18. The van der Waals surface area contributed by atoms with Crippen molar-refractivity contribution in [3.8, 4) is 0 Å². The number of furan rings is 1. The molecular formula is C21H19Cl2NO5. The maximum absolute atomic E-state index is 12.7. The molecule has 0 fully saturated rings. The standard InChI is InChI=1S/C21H19Cl2NO5/c1-3-27-11-15-14-6-4-5-7-18(14)29-19(15)21(26)28-12(2)20(25)24-17-9-8-13(22)10-16(17)23/h4-10,12H,3,11H2,1-2H3,(H,24,25). The average Bonchev–Trinajstić information content (AvgIpc) is 3.07. The molecule has 1 amide bonds. The number of fused-ring (bicyclic) bond motifs is 1. The number of benzene rings is 2. The second-order valence-electron chi connectivity index (χ2n) is 6.20. The molecular weight excluding hydrogens is 417 g/mol. The van der Waals surface area contributed by atoms with Gasteiger partial charge in [0.25, 0.3) is 5.91 Å². The number of carbonyl (C=O) groups is 2. The monoisotopic (exact) mass is 435 g/mol. The van der Waals surface area contributed by atoms with Crippen molar-refractivity contribution in [2.24, 2.45) is 0 Å². The molecule has 2 aromatic carbocycles. The minimum atomic E-state index is -1.08. The van der Waals surface area contributed by atoms with E-state index in [1.165, 1.54) is 13.0 Å². The van der Waals surface area contributed by atoms with Crippen LogP contribution in [0.4, 0.5) is 5.69 Å².